The molecule has 0 spiro atoms. The molecule has 0 bridgehead atoms. The summed E-state index contributed by atoms with van der Waals surface area (Å²) >= 11 is 0. The average molecular weight is 311 g/mol. The van der Waals surface area contributed by atoms with Crippen molar-refractivity contribution in [3.05, 3.63) is 48.0 Å². The molecule has 2 aromatic rings. The van der Waals surface area contributed by atoms with E-state index < -0.39 is 0 Å². The second-order valence-electron chi connectivity index (χ2n) is 6.00. The van der Waals surface area contributed by atoms with Crippen LogP contribution in [-0.4, -0.2) is 38.8 Å². The van der Waals surface area contributed by atoms with E-state index >= 15 is 0 Å². The summed E-state index contributed by atoms with van der Waals surface area (Å²) in [6, 6.07) is 3.87. The lowest BCUT2D eigenvalue weighted by atomic mass is 10.00. The monoisotopic (exact) mass is 311 g/mol. The molecule has 23 heavy (non-hydrogen) atoms. The minimum absolute atomic E-state index is 0.0252. The summed E-state index contributed by atoms with van der Waals surface area (Å²) in [6.45, 7) is 4.45. The van der Waals surface area contributed by atoms with Crippen LogP contribution in [0.25, 0.3) is 0 Å². The zero-order chi connectivity index (χ0) is 16.1. The van der Waals surface area contributed by atoms with Crippen LogP contribution in [0.1, 0.15) is 35.7 Å². The molecule has 1 fully saturated rings. The van der Waals surface area contributed by atoms with Gasteiger partial charge in [-0.25, -0.2) is 9.97 Å². The van der Waals surface area contributed by atoms with Gasteiger partial charge in [0.25, 0.3) is 5.91 Å². The summed E-state index contributed by atoms with van der Waals surface area (Å²) in [5, 5.41) is 3.14. The van der Waals surface area contributed by atoms with Crippen molar-refractivity contribution in [3.8, 4) is 0 Å². The van der Waals surface area contributed by atoms with Crippen LogP contribution in [0.3, 0.4) is 0 Å². The second-order valence-corrected chi connectivity index (χ2v) is 6.00. The van der Waals surface area contributed by atoms with Gasteiger partial charge in [-0.3, -0.25) is 9.78 Å². The number of piperidine rings is 1. The van der Waals surface area contributed by atoms with Gasteiger partial charge in [0, 0.05) is 44.4 Å². The summed E-state index contributed by atoms with van der Waals surface area (Å²) in [5.74, 6) is 1.11. The number of nitrogens with one attached hydrogen (secondary N) is 1. The normalized spacial score (nSPS) is 17.8. The molecular weight excluding hydrogens is 290 g/mol. The molecule has 0 radical (unpaired) electrons. The topological polar surface area (TPSA) is 71.0 Å². The van der Waals surface area contributed by atoms with E-state index in [0.29, 0.717) is 24.0 Å². The molecule has 1 aliphatic heterocycles. The average Bonchev–Trinajstić information content (AvgIpc) is 2.61. The molecule has 1 atom stereocenters. The minimum atomic E-state index is 0.0252. The quantitative estimate of drug-likeness (QED) is 0.938. The molecule has 3 heterocycles. The minimum Gasteiger partial charge on any atom is -0.350 e. The summed E-state index contributed by atoms with van der Waals surface area (Å²) in [6.07, 6.45) is 8.96. The lowest BCUT2D eigenvalue weighted by Gasteiger charge is -2.30. The first kappa shape index (κ1) is 15.4. The van der Waals surface area contributed by atoms with Crippen molar-refractivity contribution in [1.82, 2.24) is 19.9 Å². The van der Waals surface area contributed by atoms with Crippen LogP contribution in [0, 0.1) is 5.92 Å². The van der Waals surface area contributed by atoms with Crippen LogP contribution < -0.4 is 5.32 Å². The number of pyridine rings is 1. The van der Waals surface area contributed by atoms with Crippen molar-refractivity contribution in [2.24, 2.45) is 5.92 Å². The van der Waals surface area contributed by atoms with Gasteiger partial charge in [-0.2, -0.15) is 0 Å². The SMILES string of the molecule is CC1CCCN(C(=O)c2cnc(NCc3ccncc3)nc2)C1. The van der Waals surface area contributed by atoms with Gasteiger partial charge in [0.1, 0.15) is 0 Å². The molecule has 3 rings (SSSR count). The van der Waals surface area contributed by atoms with Crippen molar-refractivity contribution >= 4 is 11.9 Å². The van der Waals surface area contributed by atoms with Gasteiger partial charge < -0.3 is 10.2 Å². The smallest absolute Gasteiger partial charge is 0.257 e. The Labute approximate surface area is 136 Å². The Morgan fingerprint density at radius 1 is 1.30 bits per heavy atom. The van der Waals surface area contributed by atoms with Gasteiger partial charge in [-0.15, -0.1) is 0 Å². The van der Waals surface area contributed by atoms with E-state index in [-0.39, 0.29) is 5.91 Å². The number of nitrogens with zero attached hydrogens (tertiary/aromatic N) is 4. The molecule has 0 aliphatic carbocycles. The van der Waals surface area contributed by atoms with Crippen molar-refractivity contribution in [2.45, 2.75) is 26.3 Å². The summed E-state index contributed by atoms with van der Waals surface area (Å²) < 4.78 is 0. The Hall–Kier alpha value is -2.50. The number of hydrogen-bond acceptors (Lipinski definition) is 5. The van der Waals surface area contributed by atoms with Gasteiger partial charge in [0.2, 0.25) is 5.95 Å². The number of carbonyl (C=O) groups is 1. The van der Waals surface area contributed by atoms with Crippen LogP contribution in [-0.2, 0) is 6.54 Å². The standard InChI is InChI=1S/C17H21N5O/c1-13-3-2-8-22(12-13)16(23)15-10-20-17(21-11-15)19-9-14-4-6-18-7-5-14/h4-7,10-11,13H,2-3,8-9,12H2,1H3,(H,19,20,21). The maximum atomic E-state index is 12.5. The van der Waals surface area contributed by atoms with Crippen molar-refractivity contribution in [2.75, 3.05) is 18.4 Å². The van der Waals surface area contributed by atoms with Crippen molar-refractivity contribution in [1.29, 1.82) is 0 Å². The van der Waals surface area contributed by atoms with Crippen LogP contribution in [0.4, 0.5) is 5.95 Å². The van der Waals surface area contributed by atoms with E-state index in [1.165, 1.54) is 6.42 Å². The summed E-state index contributed by atoms with van der Waals surface area (Å²) in [4.78, 5) is 26.8. The Morgan fingerprint density at radius 2 is 2.04 bits per heavy atom. The first-order valence-electron chi connectivity index (χ1n) is 7.96. The maximum absolute atomic E-state index is 12.5. The predicted molar refractivity (Wildman–Crippen MR) is 87.9 cm³/mol. The zero-order valence-corrected chi connectivity index (χ0v) is 13.3. The largest absolute Gasteiger partial charge is 0.350 e. The molecule has 1 unspecified atom stereocenters. The molecule has 1 aliphatic rings. The maximum Gasteiger partial charge on any atom is 0.257 e. The van der Waals surface area contributed by atoms with E-state index in [0.717, 1.165) is 25.1 Å². The van der Waals surface area contributed by atoms with E-state index in [1.54, 1.807) is 24.8 Å². The van der Waals surface area contributed by atoms with E-state index in [2.05, 4.69) is 27.2 Å². The molecule has 1 saturated heterocycles. The lowest BCUT2D eigenvalue weighted by molar-refractivity contribution is 0.0682. The third kappa shape index (κ3) is 4.03. The molecule has 120 valence electrons. The highest BCUT2D eigenvalue weighted by Crippen LogP contribution is 2.17. The van der Waals surface area contributed by atoms with Gasteiger partial charge >= 0.3 is 0 Å². The number of rotatable bonds is 4. The molecule has 1 amide bonds. The summed E-state index contributed by atoms with van der Waals surface area (Å²) in [7, 11) is 0. The van der Waals surface area contributed by atoms with Crippen molar-refractivity contribution in [3.63, 3.8) is 0 Å². The highest BCUT2D eigenvalue weighted by atomic mass is 16.2. The van der Waals surface area contributed by atoms with Gasteiger partial charge in [0.05, 0.1) is 5.56 Å². The Bertz CT molecular complexity index is 644. The predicted octanol–water partition coefficient (Wildman–Crippen LogP) is 2.36. The van der Waals surface area contributed by atoms with Crippen LogP contribution in [0.5, 0.6) is 0 Å². The summed E-state index contributed by atoms with van der Waals surface area (Å²) in [5.41, 5.74) is 1.65. The van der Waals surface area contributed by atoms with Gasteiger partial charge in [-0.1, -0.05) is 6.92 Å². The fourth-order valence-corrected chi connectivity index (χ4v) is 2.77. The number of anilines is 1. The van der Waals surface area contributed by atoms with Crippen LogP contribution in [0.15, 0.2) is 36.9 Å². The number of amides is 1. The van der Waals surface area contributed by atoms with Gasteiger partial charge in [0.15, 0.2) is 0 Å². The van der Waals surface area contributed by atoms with Crippen molar-refractivity contribution < 1.29 is 4.79 Å². The molecule has 0 aromatic carbocycles. The van der Waals surface area contributed by atoms with Crippen LogP contribution in [0.2, 0.25) is 0 Å². The molecule has 0 saturated carbocycles. The fourth-order valence-electron chi connectivity index (χ4n) is 2.77. The number of aromatic nitrogens is 3. The molecule has 6 nitrogen and oxygen atoms in total. The van der Waals surface area contributed by atoms with Gasteiger partial charge in [-0.05, 0) is 36.5 Å². The molecule has 6 heteroatoms. The Morgan fingerprint density at radius 3 is 2.74 bits per heavy atom. The highest BCUT2D eigenvalue weighted by Gasteiger charge is 2.22. The number of hydrogen-bond donors (Lipinski definition) is 1. The second kappa shape index (κ2) is 7.17. The number of likely N-dealkylation sites (tertiary alicyclic amines) is 1. The zero-order valence-electron chi connectivity index (χ0n) is 13.3. The lowest BCUT2D eigenvalue weighted by Crippen LogP contribution is -2.39. The first-order chi connectivity index (χ1) is 11.2. The third-order valence-electron chi connectivity index (χ3n) is 4.04. The molecular formula is C17H21N5O. The fraction of sp³-hybridized carbons (Fsp3) is 0.412. The molecule has 2 aromatic heterocycles. The van der Waals surface area contributed by atoms with Crippen LogP contribution >= 0.6 is 0 Å². The van der Waals surface area contributed by atoms with E-state index in [1.807, 2.05) is 17.0 Å². The Balaban J connectivity index is 1.59. The van der Waals surface area contributed by atoms with E-state index in [4.69, 9.17) is 0 Å². The Kier molecular flexibility index (Phi) is 4.80. The van der Waals surface area contributed by atoms with E-state index in [9.17, 15) is 4.79 Å². The third-order valence-corrected chi connectivity index (χ3v) is 4.04. The first-order valence-corrected chi connectivity index (χ1v) is 7.96. The molecule has 1 N–H and O–H groups in total. The number of carbonyl (C=O) groups excluding carboxylic acids is 1. The highest BCUT2D eigenvalue weighted by molar-refractivity contribution is 5.93.